The van der Waals surface area contributed by atoms with Crippen molar-refractivity contribution in [1.82, 2.24) is 15.3 Å². The summed E-state index contributed by atoms with van der Waals surface area (Å²) in [6.07, 6.45) is 7.05. The molecular formula is C13H16Cl2N4O. The van der Waals surface area contributed by atoms with Crippen LogP contribution in [-0.4, -0.2) is 28.0 Å². The zero-order valence-corrected chi connectivity index (χ0v) is 12.4. The van der Waals surface area contributed by atoms with Crippen molar-refractivity contribution in [3.05, 3.63) is 16.5 Å². The number of amides is 1. The van der Waals surface area contributed by atoms with Crippen molar-refractivity contribution in [3.63, 3.8) is 0 Å². The zero-order chi connectivity index (χ0) is 14.1. The number of carbonyl (C=O) groups excluding carboxylic acids is 1. The van der Waals surface area contributed by atoms with Gasteiger partial charge in [0.2, 0.25) is 5.91 Å². The molecule has 1 saturated heterocycles. The van der Waals surface area contributed by atoms with Gasteiger partial charge in [0.1, 0.15) is 11.3 Å². The summed E-state index contributed by atoms with van der Waals surface area (Å²) in [6, 6.07) is 0.303. The average molecular weight is 315 g/mol. The van der Waals surface area contributed by atoms with Crippen LogP contribution >= 0.6 is 23.2 Å². The van der Waals surface area contributed by atoms with Gasteiger partial charge in [-0.2, -0.15) is 0 Å². The number of hydrogen-bond donors (Lipinski definition) is 2. The summed E-state index contributed by atoms with van der Waals surface area (Å²) in [7, 11) is 0. The highest BCUT2D eigenvalue weighted by Gasteiger charge is 2.38. The first-order valence-electron chi connectivity index (χ1n) is 6.88. The Labute approximate surface area is 127 Å². The van der Waals surface area contributed by atoms with E-state index in [9.17, 15) is 4.79 Å². The molecule has 3 unspecified atom stereocenters. The molecule has 1 aromatic heterocycles. The van der Waals surface area contributed by atoms with E-state index in [1.54, 1.807) is 0 Å². The third kappa shape index (κ3) is 2.75. The smallest absolute Gasteiger partial charge is 0.242 e. The molecule has 0 bridgehead atoms. The van der Waals surface area contributed by atoms with Gasteiger partial charge in [-0.05, 0) is 25.2 Å². The molecule has 20 heavy (non-hydrogen) atoms. The maximum atomic E-state index is 12.3. The molecule has 1 amide bonds. The predicted octanol–water partition coefficient (Wildman–Crippen LogP) is 2.64. The third-order valence-electron chi connectivity index (χ3n) is 4.17. The molecule has 2 heterocycles. The molecule has 0 aromatic carbocycles. The molecular weight excluding hydrogens is 299 g/mol. The van der Waals surface area contributed by atoms with Crippen LogP contribution in [0.1, 0.15) is 32.1 Å². The Morgan fingerprint density at radius 1 is 1.30 bits per heavy atom. The molecule has 3 rings (SSSR count). The summed E-state index contributed by atoms with van der Waals surface area (Å²) in [6.45, 7) is 0. The Morgan fingerprint density at radius 3 is 2.90 bits per heavy atom. The minimum atomic E-state index is -0.173. The van der Waals surface area contributed by atoms with E-state index in [0.717, 1.165) is 12.8 Å². The van der Waals surface area contributed by atoms with Gasteiger partial charge in [0.15, 0.2) is 11.0 Å². The van der Waals surface area contributed by atoms with Gasteiger partial charge in [0, 0.05) is 6.04 Å². The first-order valence-corrected chi connectivity index (χ1v) is 7.63. The van der Waals surface area contributed by atoms with Gasteiger partial charge in [-0.3, -0.25) is 4.79 Å². The van der Waals surface area contributed by atoms with Crippen LogP contribution < -0.4 is 10.6 Å². The van der Waals surface area contributed by atoms with Crippen molar-refractivity contribution in [2.75, 3.05) is 5.32 Å². The number of hydrogen-bond acceptors (Lipinski definition) is 4. The topological polar surface area (TPSA) is 66.9 Å². The largest absolute Gasteiger partial charge is 0.308 e. The fourth-order valence-electron chi connectivity index (χ4n) is 3.16. The summed E-state index contributed by atoms with van der Waals surface area (Å²) >= 11 is 11.8. The molecule has 0 radical (unpaired) electrons. The molecule has 1 aliphatic heterocycles. The van der Waals surface area contributed by atoms with Crippen LogP contribution in [0.5, 0.6) is 0 Å². The number of nitrogens with zero attached hydrogens (tertiary/aromatic N) is 2. The highest BCUT2D eigenvalue weighted by atomic mass is 35.5. The number of aromatic nitrogens is 2. The molecule has 2 N–H and O–H groups in total. The molecule has 108 valence electrons. The number of rotatable bonds is 2. The van der Waals surface area contributed by atoms with Gasteiger partial charge in [-0.15, -0.1) is 0 Å². The first kappa shape index (κ1) is 14.0. The molecule has 1 aromatic rings. The zero-order valence-electron chi connectivity index (χ0n) is 10.9. The Morgan fingerprint density at radius 2 is 2.10 bits per heavy atom. The summed E-state index contributed by atoms with van der Waals surface area (Å²) < 4.78 is 0. The summed E-state index contributed by atoms with van der Waals surface area (Å²) in [5, 5.41) is 6.47. The molecule has 3 atom stereocenters. The second-order valence-electron chi connectivity index (χ2n) is 5.42. The summed E-state index contributed by atoms with van der Waals surface area (Å²) in [5.74, 6) is 0.786. The van der Waals surface area contributed by atoms with Gasteiger partial charge in [-0.25, -0.2) is 9.97 Å². The fraction of sp³-hybridized carbons (Fsp3) is 0.615. The second-order valence-corrected chi connectivity index (χ2v) is 6.16. The van der Waals surface area contributed by atoms with Crippen molar-refractivity contribution < 1.29 is 4.79 Å². The normalized spacial score (nSPS) is 29.0. The van der Waals surface area contributed by atoms with Crippen molar-refractivity contribution >= 4 is 34.9 Å². The molecule has 7 heteroatoms. The van der Waals surface area contributed by atoms with Crippen molar-refractivity contribution in [3.8, 4) is 0 Å². The predicted molar refractivity (Wildman–Crippen MR) is 78.0 cm³/mol. The quantitative estimate of drug-likeness (QED) is 0.824. The molecule has 1 saturated carbocycles. The molecule has 5 nitrogen and oxygen atoms in total. The highest BCUT2D eigenvalue weighted by molar-refractivity contribution is 6.42. The van der Waals surface area contributed by atoms with Crippen LogP contribution in [0.2, 0.25) is 10.2 Å². The van der Waals surface area contributed by atoms with Gasteiger partial charge in [-0.1, -0.05) is 36.0 Å². The monoisotopic (exact) mass is 314 g/mol. The maximum absolute atomic E-state index is 12.3. The SMILES string of the molecule is O=C(Nc1ncnc(Cl)c1Cl)C1CC2CCCCC2N1. The van der Waals surface area contributed by atoms with E-state index in [1.807, 2.05) is 0 Å². The van der Waals surface area contributed by atoms with Crippen LogP contribution in [0, 0.1) is 5.92 Å². The van der Waals surface area contributed by atoms with Crippen molar-refractivity contribution in [2.45, 2.75) is 44.2 Å². The van der Waals surface area contributed by atoms with E-state index >= 15 is 0 Å². The van der Waals surface area contributed by atoms with E-state index in [1.165, 1.54) is 25.6 Å². The van der Waals surface area contributed by atoms with Gasteiger partial charge in [0.05, 0.1) is 6.04 Å². The third-order valence-corrected chi connectivity index (χ3v) is 4.91. The molecule has 1 aliphatic carbocycles. The second kappa shape index (κ2) is 5.84. The fourth-order valence-corrected chi connectivity index (χ4v) is 3.44. The summed E-state index contributed by atoms with van der Waals surface area (Å²) in [4.78, 5) is 20.0. The Kier molecular flexibility index (Phi) is 4.10. The number of anilines is 1. The number of halogens is 2. The lowest BCUT2D eigenvalue weighted by molar-refractivity contribution is -0.117. The van der Waals surface area contributed by atoms with E-state index in [4.69, 9.17) is 23.2 Å². The van der Waals surface area contributed by atoms with Gasteiger partial charge < -0.3 is 10.6 Å². The number of carbonyl (C=O) groups is 1. The maximum Gasteiger partial charge on any atom is 0.242 e. The molecule has 2 fully saturated rings. The van der Waals surface area contributed by atoms with Crippen molar-refractivity contribution in [1.29, 1.82) is 0 Å². The summed E-state index contributed by atoms with van der Waals surface area (Å²) in [5.41, 5.74) is 0. The van der Waals surface area contributed by atoms with Crippen LogP contribution in [0.15, 0.2) is 6.33 Å². The standard InChI is InChI=1S/C13H16Cl2N4O/c14-10-11(15)16-6-17-12(10)19-13(20)9-5-7-3-1-2-4-8(7)18-9/h6-9,18H,1-5H2,(H,16,17,19,20). The minimum absolute atomic E-state index is 0.101. The Balaban J connectivity index is 1.66. The van der Waals surface area contributed by atoms with Gasteiger partial charge >= 0.3 is 0 Å². The average Bonchev–Trinajstić information content (AvgIpc) is 2.88. The Hall–Kier alpha value is -0.910. The number of fused-ring (bicyclic) bond motifs is 1. The number of nitrogens with one attached hydrogen (secondary N) is 2. The van der Waals surface area contributed by atoms with Crippen LogP contribution in [-0.2, 0) is 4.79 Å². The minimum Gasteiger partial charge on any atom is -0.308 e. The lowest BCUT2D eigenvalue weighted by Crippen LogP contribution is -2.40. The van der Waals surface area contributed by atoms with Crippen LogP contribution in [0.25, 0.3) is 0 Å². The lowest BCUT2D eigenvalue weighted by Gasteiger charge is -2.24. The van der Waals surface area contributed by atoms with E-state index in [0.29, 0.717) is 12.0 Å². The molecule has 2 aliphatic rings. The van der Waals surface area contributed by atoms with Crippen molar-refractivity contribution in [2.24, 2.45) is 5.92 Å². The van der Waals surface area contributed by atoms with E-state index in [-0.39, 0.29) is 27.9 Å². The first-order chi connectivity index (χ1) is 9.65. The van der Waals surface area contributed by atoms with Crippen LogP contribution in [0.3, 0.4) is 0 Å². The Bertz CT molecular complexity index is 511. The molecule has 0 spiro atoms. The van der Waals surface area contributed by atoms with Crippen LogP contribution in [0.4, 0.5) is 5.82 Å². The lowest BCUT2D eigenvalue weighted by atomic mass is 9.85. The highest BCUT2D eigenvalue weighted by Crippen LogP contribution is 2.34. The van der Waals surface area contributed by atoms with E-state index < -0.39 is 0 Å². The van der Waals surface area contributed by atoms with E-state index in [2.05, 4.69) is 20.6 Å². The van der Waals surface area contributed by atoms with Gasteiger partial charge in [0.25, 0.3) is 0 Å².